The summed E-state index contributed by atoms with van der Waals surface area (Å²) < 4.78 is 11.0. The van der Waals surface area contributed by atoms with Gasteiger partial charge in [-0.2, -0.15) is 0 Å². The molecule has 1 aromatic heterocycles. The summed E-state index contributed by atoms with van der Waals surface area (Å²) >= 11 is 0. The predicted octanol–water partition coefficient (Wildman–Crippen LogP) is 2.56. The number of hydrogen-bond donors (Lipinski definition) is 0. The minimum Gasteiger partial charge on any atom is -0.444 e. The molecule has 0 saturated carbocycles. The summed E-state index contributed by atoms with van der Waals surface area (Å²) in [4.78, 5) is 25.4. The van der Waals surface area contributed by atoms with Crippen LogP contribution in [-0.2, 0) is 15.9 Å². The summed E-state index contributed by atoms with van der Waals surface area (Å²) in [5, 5.41) is 0. The number of nitrogens with zero attached hydrogens (tertiary/aromatic N) is 4. The first kappa shape index (κ1) is 17.9. The monoisotopic (exact) mass is 348 g/mol. The highest BCUT2D eigenvalue weighted by molar-refractivity contribution is 5.69. The van der Waals surface area contributed by atoms with Crippen LogP contribution < -0.4 is 4.90 Å². The van der Waals surface area contributed by atoms with Crippen molar-refractivity contribution in [1.82, 2.24) is 14.9 Å². The number of carbonyl (C=O) groups excluding carboxylic acids is 1. The molecule has 3 rings (SSSR count). The van der Waals surface area contributed by atoms with Crippen molar-refractivity contribution in [2.24, 2.45) is 0 Å². The summed E-state index contributed by atoms with van der Waals surface area (Å²) in [5.74, 6) is 0.987. The maximum absolute atomic E-state index is 12.3. The standard InChI is InChI=1S/C18H28N4O3/c1-12-10-21(17(23)25-18(2,3)4)8-9-22(12)16-13-6-7-14(24-5)15(13)19-11-20-16/h11-12,14H,6-10H2,1-5H3. The number of amides is 1. The molecule has 2 unspecified atom stereocenters. The van der Waals surface area contributed by atoms with E-state index in [0.29, 0.717) is 13.1 Å². The summed E-state index contributed by atoms with van der Waals surface area (Å²) in [6.45, 7) is 9.78. The number of piperazine rings is 1. The molecule has 7 heteroatoms. The number of hydrogen-bond acceptors (Lipinski definition) is 6. The smallest absolute Gasteiger partial charge is 0.410 e. The fourth-order valence-electron chi connectivity index (χ4n) is 3.59. The molecule has 0 radical (unpaired) electrons. The molecule has 25 heavy (non-hydrogen) atoms. The van der Waals surface area contributed by atoms with Crippen LogP contribution in [0, 0.1) is 0 Å². The van der Waals surface area contributed by atoms with Crippen molar-refractivity contribution in [1.29, 1.82) is 0 Å². The van der Waals surface area contributed by atoms with Crippen LogP contribution in [0.1, 0.15) is 51.5 Å². The lowest BCUT2D eigenvalue weighted by molar-refractivity contribution is 0.0218. The van der Waals surface area contributed by atoms with Crippen LogP contribution in [0.15, 0.2) is 6.33 Å². The summed E-state index contributed by atoms with van der Waals surface area (Å²) in [5.41, 5.74) is 1.72. The van der Waals surface area contributed by atoms with Crippen LogP contribution in [-0.4, -0.2) is 59.3 Å². The van der Waals surface area contributed by atoms with Gasteiger partial charge in [-0.1, -0.05) is 0 Å². The Hall–Kier alpha value is -1.89. The van der Waals surface area contributed by atoms with E-state index < -0.39 is 5.60 Å². The zero-order valence-corrected chi connectivity index (χ0v) is 15.8. The van der Waals surface area contributed by atoms with Gasteiger partial charge >= 0.3 is 6.09 Å². The van der Waals surface area contributed by atoms with Crippen LogP contribution in [0.3, 0.4) is 0 Å². The van der Waals surface area contributed by atoms with Gasteiger partial charge < -0.3 is 19.3 Å². The molecule has 2 aliphatic rings. The first-order chi connectivity index (χ1) is 11.8. The molecule has 1 aromatic rings. The lowest BCUT2D eigenvalue weighted by Gasteiger charge is -2.41. The number of ether oxygens (including phenoxy) is 2. The highest BCUT2D eigenvalue weighted by Gasteiger charge is 2.34. The van der Waals surface area contributed by atoms with Crippen LogP contribution in [0.5, 0.6) is 0 Å². The second kappa shape index (κ2) is 6.78. The van der Waals surface area contributed by atoms with Gasteiger partial charge in [0.2, 0.25) is 0 Å². The van der Waals surface area contributed by atoms with Crippen LogP contribution in [0.2, 0.25) is 0 Å². The molecule has 0 aromatic carbocycles. The Kier molecular flexibility index (Phi) is 4.86. The average molecular weight is 348 g/mol. The Morgan fingerprint density at radius 1 is 1.28 bits per heavy atom. The average Bonchev–Trinajstić information content (AvgIpc) is 2.96. The third-order valence-electron chi connectivity index (χ3n) is 4.75. The second-order valence-electron chi connectivity index (χ2n) is 7.79. The Morgan fingerprint density at radius 3 is 2.68 bits per heavy atom. The van der Waals surface area contributed by atoms with E-state index in [1.54, 1.807) is 18.3 Å². The predicted molar refractivity (Wildman–Crippen MR) is 94.7 cm³/mol. The highest BCUT2D eigenvalue weighted by Crippen LogP contribution is 2.37. The Morgan fingerprint density at radius 2 is 2.04 bits per heavy atom. The molecule has 0 bridgehead atoms. The highest BCUT2D eigenvalue weighted by atomic mass is 16.6. The number of rotatable bonds is 2. The van der Waals surface area contributed by atoms with Gasteiger partial charge in [0.25, 0.3) is 0 Å². The number of anilines is 1. The number of fused-ring (bicyclic) bond motifs is 1. The first-order valence-electron chi connectivity index (χ1n) is 8.91. The SMILES string of the molecule is COC1CCc2c1ncnc2N1CCN(C(=O)OC(C)(C)C)CC1C. The summed E-state index contributed by atoms with van der Waals surface area (Å²) in [6, 6.07) is 0.168. The molecule has 2 heterocycles. The molecular weight excluding hydrogens is 320 g/mol. The molecule has 1 saturated heterocycles. The molecule has 1 aliphatic heterocycles. The van der Waals surface area contributed by atoms with E-state index in [1.165, 1.54) is 5.56 Å². The zero-order chi connectivity index (χ0) is 18.2. The van der Waals surface area contributed by atoms with Gasteiger partial charge in [0.05, 0.1) is 11.8 Å². The minimum atomic E-state index is -0.472. The van der Waals surface area contributed by atoms with Gasteiger partial charge in [-0.25, -0.2) is 14.8 Å². The van der Waals surface area contributed by atoms with E-state index in [9.17, 15) is 4.79 Å². The van der Waals surface area contributed by atoms with E-state index in [0.717, 1.165) is 30.9 Å². The summed E-state index contributed by atoms with van der Waals surface area (Å²) in [6.07, 6.45) is 3.33. The second-order valence-corrected chi connectivity index (χ2v) is 7.79. The Bertz CT molecular complexity index is 644. The van der Waals surface area contributed by atoms with Crippen LogP contribution in [0.25, 0.3) is 0 Å². The number of carbonyl (C=O) groups is 1. The fourth-order valence-corrected chi connectivity index (χ4v) is 3.59. The van der Waals surface area contributed by atoms with E-state index in [-0.39, 0.29) is 18.2 Å². The molecule has 1 aliphatic carbocycles. The van der Waals surface area contributed by atoms with Gasteiger partial charge in [-0.05, 0) is 40.5 Å². The van der Waals surface area contributed by atoms with Gasteiger partial charge in [0, 0.05) is 38.3 Å². The molecule has 7 nitrogen and oxygen atoms in total. The molecule has 0 N–H and O–H groups in total. The van der Waals surface area contributed by atoms with Crippen LogP contribution in [0.4, 0.5) is 10.6 Å². The van der Waals surface area contributed by atoms with E-state index >= 15 is 0 Å². The topological polar surface area (TPSA) is 67.8 Å². The molecule has 138 valence electrons. The molecular formula is C18H28N4O3. The van der Waals surface area contributed by atoms with Crippen molar-refractivity contribution < 1.29 is 14.3 Å². The third-order valence-corrected chi connectivity index (χ3v) is 4.75. The van der Waals surface area contributed by atoms with Crippen molar-refractivity contribution in [2.45, 2.75) is 58.3 Å². The molecule has 1 fully saturated rings. The van der Waals surface area contributed by atoms with Gasteiger partial charge in [0.1, 0.15) is 17.7 Å². The molecule has 0 spiro atoms. The Balaban J connectivity index is 1.73. The van der Waals surface area contributed by atoms with E-state index in [2.05, 4.69) is 21.8 Å². The normalized spacial score (nSPS) is 23.6. The van der Waals surface area contributed by atoms with Crippen molar-refractivity contribution in [3.8, 4) is 0 Å². The third kappa shape index (κ3) is 3.71. The number of methoxy groups -OCH3 is 1. The number of aromatic nitrogens is 2. The van der Waals surface area contributed by atoms with E-state index in [4.69, 9.17) is 9.47 Å². The maximum atomic E-state index is 12.3. The lowest BCUT2D eigenvalue weighted by atomic mass is 10.1. The van der Waals surface area contributed by atoms with Gasteiger partial charge in [0.15, 0.2) is 0 Å². The molecule has 1 amide bonds. The first-order valence-corrected chi connectivity index (χ1v) is 8.91. The Labute approximate surface area is 149 Å². The minimum absolute atomic E-state index is 0.0649. The van der Waals surface area contributed by atoms with Gasteiger partial charge in [-0.3, -0.25) is 0 Å². The largest absolute Gasteiger partial charge is 0.444 e. The zero-order valence-electron chi connectivity index (χ0n) is 15.8. The van der Waals surface area contributed by atoms with Crippen LogP contribution >= 0.6 is 0 Å². The van der Waals surface area contributed by atoms with E-state index in [1.807, 2.05) is 20.8 Å². The van der Waals surface area contributed by atoms with Crippen molar-refractivity contribution in [2.75, 3.05) is 31.6 Å². The maximum Gasteiger partial charge on any atom is 0.410 e. The fraction of sp³-hybridized carbons (Fsp3) is 0.722. The van der Waals surface area contributed by atoms with Crippen molar-refractivity contribution in [3.05, 3.63) is 17.6 Å². The lowest BCUT2D eigenvalue weighted by Crippen LogP contribution is -2.55. The summed E-state index contributed by atoms with van der Waals surface area (Å²) in [7, 11) is 1.73. The molecule has 2 atom stereocenters. The van der Waals surface area contributed by atoms with Crippen molar-refractivity contribution >= 4 is 11.9 Å². The quantitative estimate of drug-likeness (QED) is 0.818. The van der Waals surface area contributed by atoms with Gasteiger partial charge in [-0.15, -0.1) is 0 Å². The van der Waals surface area contributed by atoms with Crippen molar-refractivity contribution in [3.63, 3.8) is 0 Å².